The third-order valence-corrected chi connectivity index (χ3v) is 15.0. The van der Waals surface area contributed by atoms with E-state index in [0.29, 0.717) is 40.0 Å². The molecule has 0 radical (unpaired) electrons. The summed E-state index contributed by atoms with van der Waals surface area (Å²) in [5.74, 6) is 3.45. The molecule has 1 saturated heterocycles. The average Bonchev–Trinajstić information content (AvgIpc) is 3.28. The van der Waals surface area contributed by atoms with E-state index in [0.717, 1.165) is 36.2 Å². The van der Waals surface area contributed by atoms with Crippen LogP contribution >= 0.6 is 11.8 Å². The zero-order valence-electron chi connectivity index (χ0n) is 25.7. The molecule has 0 aromatic heterocycles. The Hall–Kier alpha value is -1.54. The fraction of sp³-hybridized carbons (Fsp3) is 0.848. The molecule has 228 valence electrons. The van der Waals surface area contributed by atoms with E-state index in [1.54, 1.807) is 11.8 Å². The van der Waals surface area contributed by atoms with Gasteiger partial charge in [0, 0.05) is 12.2 Å². The number of carbonyl (C=O) groups is 3. The van der Waals surface area contributed by atoms with Gasteiger partial charge in [-0.05, 0) is 117 Å². The summed E-state index contributed by atoms with van der Waals surface area (Å²) in [6.07, 6.45) is 16.5. The van der Waals surface area contributed by atoms with Gasteiger partial charge >= 0.3 is 0 Å². The van der Waals surface area contributed by atoms with Crippen molar-refractivity contribution in [2.24, 2.45) is 45.7 Å². The summed E-state index contributed by atoms with van der Waals surface area (Å²) < 4.78 is 0. The Morgan fingerprint density at radius 1 is 1.00 bits per heavy atom. The minimum atomic E-state index is -0.554. The first-order chi connectivity index (χ1) is 19.5. The van der Waals surface area contributed by atoms with Crippen molar-refractivity contribution in [3.63, 3.8) is 0 Å². The number of nitrogens with zero attached hydrogens (tertiary/aromatic N) is 1. The molecule has 9 atom stereocenters. The Balaban J connectivity index is 1.03. The minimum absolute atomic E-state index is 0.0240. The van der Waals surface area contributed by atoms with E-state index in [1.807, 2.05) is 6.92 Å². The molecule has 8 heteroatoms. The summed E-state index contributed by atoms with van der Waals surface area (Å²) in [7, 11) is 0. The molecule has 4 aliphatic carbocycles. The molecule has 2 heterocycles. The monoisotopic (exact) mass is 584 g/mol. The van der Waals surface area contributed by atoms with Crippen molar-refractivity contribution in [2.75, 3.05) is 12.4 Å². The Kier molecular flexibility index (Phi) is 7.83. The van der Waals surface area contributed by atoms with Crippen LogP contribution in [-0.2, 0) is 14.4 Å². The van der Waals surface area contributed by atoms with Crippen molar-refractivity contribution < 1.29 is 14.4 Å². The molecule has 6 aliphatic rings. The molecule has 4 saturated carbocycles. The number of fused-ring (bicyclic) bond motifs is 6. The zero-order valence-corrected chi connectivity index (χ0v) is 26.5. The van der Waals surface area contributed by atoms with Crippen LogP contribution in [0, 0.1) is 39.9 Å². The van der Waals surface area contributed by atoms with Crippen LogP contribution in [0.1, 0.15) is 111 Å². The lowest BCUT2D eigenvalue weighted by atomic mass is 9.38. The second-order valence-electron chi connectivity index (χ2n) is 15.0. The maximum atomic E-state index is 13.0. The number of carbonyl (C=O) groups excluding carboxylic acids is 3. The molecule has 4 N–H and O–H groups in total. The van der Waals surface area contributed by atoms with Gasteiger partial charge in [0.25, 0.3) is 11.8 Å². The summed E-state index contributed by atoms with van der Waals surface area (Å²) in [6.45, 7) is 9.85. The lowest BCUT2D eigenvalue weighted by Gasteiger charge is -2.66. The number of amides is 3. The van der Waals surface area contributed by atoms with E-state index in [1.165, 1.54) is 69.1 Å². The molecule has 0 bridgehead atoms. The SMILES string of the molecule is CC1=C(C(=O)NCN)N2C(=O)C(NC(=O)CCCC3CCC4C5CCC6CCCCC6(C)C5(C)CCC34C)C2SC1. The van der Waals surface area contributed by atoms with Crippen LogP contribution in [0.3, 0.4) is 0 Å². The first kappa shape index (κ1) is 29.5. The largest absolute Gasteiger partial charge is 0.342 e. The summed E-state index contributed by atoms with van der Waals surface area (Å²) in [5.41, 5.74) is 8.18. The van der Waals surface area contributed by atoms with E-state index >= 15 is 0 Å². The lowest BCUT2D eigenvalue weighted by molar-refractivity contribution is -0.174. The molecule has 0 spiro atoms. The van der Waals surface area contributed by atoms with Gasteiger partial charge in [-0.25, -0.2) is 0 Å². The maximum Gasteiger partial charge on any atom is 0.269 e. The van der Waals surface area contributed by atoms with Crippen molar-refractivity contribution in [1.29, 1.82) is 0 Å². The van der Waals surface area contributed by atoms with Crippen LogP contribution in [-0.4, -0.2) is 46.5 Å². The van der Waals surface area contributed by atoms with Crippen LogP contribution in [0.25, 0.3) is 0 Å². The van der Waals surface area contributed by atoms with Crippen LogP contribution in [0.4, 0.5) is 0 Å². The topological polar surface area (TPSA) is 105 Å². The fourth-order valence-electron chi connectivity index (χ4n) is 11.0. The predicted octanol–water partition coefficient (Wildman–Crippen LogP) is 5.30. The van der Waals surface area contributed by atoms with Crippen LogP contribution in [0.15, 0.2) is 11.3 Å². The van der Waals surface area contributed by atoms with E-state index in [9.17, 15) is 14.4 Å². The van der Waals surface area contributed by atoms with Crippen LogP contribution < -0.4 is 16.4 Å². The van der Waals surface area contributed by atoms with E-state index in [-0.39, 0.29) is 29.8 Å². The van der Waals surface area contributed by atoms with Gasteiger partial charge in [-0.2, -0.15) is 0 Å². The highest BCUT2D eigenvalue weighted by atomic mass is 32.2. The third kappa shape index (κ3) is 4.51. The smallest absolute Gasteiger partial charge is 0.269 e. The normalized spacial score (nSPS) is 43.3. The van der Waals surface area contributed by atoms with Gasteiger partial charge in [0.2, 0.25) is 5.91 Å². The molecule has 0 aromatic rings. The number of hydrogen-bond acceptors (Lipinski definition) is 5. The van der Waals surface area contributed by atoms with Crippen molar-refractivity contribution in [3.05, 3.63) is 11.3 Å². The van der Waals surface area contributed by atoms with E-state index in [2.05, 4.69) is 31.4 Å². The van der Waals surface area contributed by atoms with Gasteiger partial charge in [-0.3, -0.25) is 19.3 Å². The molecular formula is C33H52N4O3S. The molecule has 3 amide bonds. The molecule has 9 unspecified atom stereocenters. The number of rotatable bonds is 7. The molecule has 7 nitrogen and oxygen atoms in total. The van der Waals surface area contributed by atoms with Gasteiger partial charge in [0.15, 0.2) is 0 Å². The second-order valence-corrected chi connectivity index (χ2v) is 16.1. The average molecular weight is 585 g/mol. The van der Waals surface area contributed by atoms with Crippen molar-refractivity contribution in [2.45, 2.75) is 123 Å². The third-order valence-electron chi connectivity index (χ3n) is 13.5. The van der Waals surface area contributed by atoms with Gasteiger partial charge in [-0.15, -0.1) is 11.8 Å². The van der Waals surface area contributed by atoms with E-state index < -0.39 is 6.04 Å². The van der Waals surface area contributed by atoms with Gasteiger partial charge in [0.05, 0.1) is 6.67 Å². The van der Waals surface area contributed by atoms with Gasteiger partial charge in [0.1, 0.15) is 17.1 Å². The Bertz CT molecular complexity index is 1130. The van der Waals surface area contributed by atoms with Crippen molar-refractivity contribution >= 4 is 29.5 Å². The second kappa shape index (κ2) is 10.9. The Labute approximate surface area is 250 Å². The van der Waals surface area contributed by atoms with Crippen molar-refractivity contribution in [3.8, 4) is 0 Å². The lowest BCUT2D eigenvalue weighted by Crippen LogP contribution is -2.71. The fourth-order valence-corrected chi connectivity index (χ4v) is 12.3. The first-order valence-corrected chi connectivity index (χ1v) is 17.5. The first-order valence-electron chi connectivity index (χ1n) is 16.5. The molecule has 41 heavy (non-hydrogen) atoms. The standard InChI is InChI=1S/C33H52N4O3S/c1-20-18-41-30-26(29(40)37(30)27(20)28(39)35-19-34)36-25(38)10-7-9-21-11-13-23-24-14-12-22-8-5-6-15-32(22,3)33(24,4)17-16-31(21,23)2/h21-24,26,30H,5-19,34H2,1-4H3,(H,35,39)(H,36,38). The van der Waals surface area contributed by atoms with Gasteiger partial charge < -0.3 is 16.4 Å². The maximum absolute atomic E-state index is 13.0. The Morgan fingerprint density at radius 3 is 2.56 bits per heavy atom. The highest BCUT2D eigenvalue weighted by Gasteiger charge is 2.64. The quantitative estimate of drug-likeness (QED) is 0.278. The molecule has 2 aliphatic heterocycles. The number of thioether (sulfide) groups is 1. The number of nitrogens with one attached hydrogen (secondary N) is 2. The highest BCUT2D eigenvalue weighted by Crippen LogP contribution is 2.72. The van der Waals surface area contributed by atoms with Crippen molar-refractivity contribution in [1.82, 2.24) is 15.5 Å². The van der Waals surface area contributed by atoms with Crippen LogP contribution in [0.2, 0.25) is 0 Å². The molecular weight excluding hydrogens is 532 g/mol. The Morgan fingerprint density at radius 2 is 1.78 bits per heavy atom. The molecule has 0 aromatic carbocycles. The predicted molar refractivity (Wildman–Crippen MR) is 163 cm³/mol. The van der Waals surface area contributed by atoms with Gasteiger partial charge in [-0.1, -0.05) is 33.6 Å². The molecule has 6 rings (SSSR count). The van der Waals surface area contributed by atoms with E-state index in [4.69, 9.17) is 5.73 Å². The summed E-state index contributed by atoms with van der Waals surface area (Å²) in [4.78, 5) is 40.0. The highest BCUT2D eigenvalue weighted by molar-refractivity contribution is 8.00. The van der Waals surface area contributed by atoms with Crippen LogP contribution in [0.5, 0.6) is 0 Å². The summed E-state index contributed by atoms with van der Waals surface area (Å²) in [5, 5.41) is 5.39. The number of nitrogens with two attached hydrogens (primary N) is 1. The molecule has 5 fully saturated rings. The number of β-lactam (4-membered cyclic amide) rings is 1. The zero-order chi connectivity index (χ0) is 29.2. The number of hydrogen-bond donors (Lipinski definition) is 3. The summed E-state index contributed by atoms with van der Waals surface area (Å²) in [6, 6.07) is -0.554. The minimum Gasteiger partial charge on any atom is -0.342 e. The summed E-state index contributed by atoms with van der Waals surface area (Å²) >= 11 is 1.61.